The average Bonchev–Trinajstić information content (AvgIpc) is 3.21. The van der Waals surface area contributed by atoms with Crippen LogP contribution >= 0.6 is 0 Å². The molecule has 1 heterocycles. The number of aromatic nitrogens is 2. The van der Waals surface area contributed by atoms with Crippen LogP contribution in [-0.2, 0) is 20.2 Å². The van der Waals surface area contributed by atoms with Crippen molar-refractivity contribution in [1.29, 1.82) is 0 Å². The van der Waals surface area contributed by atoms with Gasteiger partial charge in [0.2, 0.25) is 5.88 Å². The molecule has 0 spiro atoms. The molecule has 4 nitrogen and oxygen atoms in total. The Morgan fingerprint density at radius 3 is 2.55 bits per heavy atom. The summed E-state index contributed by atoms with van der Waals surface area (Å²) >= 11 is 0. The minimum atomic E-state index is 0.579. The van der Waals surface area contributed by atoms with Gasteiger partial charge >= 0.3 is 0 Å². The van der Waals surface area contributed by atoms with E-state index < -0.39 is 0 Å². The topological polar surface area (TPSA) is 39.1 Å². The van der Waals surface area contributed by atoms with Gasteiger partial charge in [0.15, 0.2) is 0 Å². The van der Waals surface area contributed by atoms with E-state index in [4.69, 9.17) is 4.74 Å². The highest BCUT2D eigenvalue weighted by atomic mass is 16.5. The molecule has 0 unspecified atom stereocenters. The van der Waals surface area contributed by atoms with Crippen molar-refractivity contribution in [3.05, 3.63) is 47.2 Å². The molecule has 1 saturated carbocycles. The minimum absolute atomic E-state index is 0.579. The van der Waals surface area contributed by atoms with Gasteiger partial charge in [-0.25, -0.2) is 4.68 Å². The minimum Gasteiger partial charge on any atom is -0.473 e. The number of rotatable bonds is 6. The molecule has 106 valence electrons. The Hall–Kier alpha value is -1.81. The molecule has 1 aliphatic carbocycles. The summed E-state index contributed by atoms with van der Waals surface area (Å²) in [5.74, 6) is 0.807. The van der Waals surface area contributed by atoms with Gasteiger partial charge in [0, 0.05) is 25.7 Å². The second-order valence-electron chi connectivity index (χ2n) is 5.51. The molecule has 3 rings (SSSR count). The maximum Gasteiger partial charge on any atom is 0.212 e. The average molecular weight is 271 g/mol. The van der Waals surface area contributed by atoms with Gasteiger partial charge in [-0.15, -0.1) is 0 Å². The first-order chi connectivity index (χ1) is 9.70. The number of aryl methyl sites for hydroxylation is 2. The van der Waals surface area contributed by atoms with Gasteiger partial charge in [0.05, 0.1) is 5.69 Å². The maximum absolute atomic E-state index is 5.78. The highest BCUT2D eigenvalue weighted by Crippen LogP contribution is 2.19. The van der Waals surface area contributed by atoms with Crippen molar-refractivity contribution in [1.82, 2.24) is 15.1 Å². The molecule has 1 aliphatic rings. The summed E-state index contributed by atoms with van der Waals surface area (Å²) in [6, 6.07) is 11.3. The van der Waals surface area contributed by atoms with E-state index in [9.17, 15) is 0 Å². The van der Waals surface area contributed by atoms with E-state index in [0.29, 0.717) is 6.61 Å². The van der Waals surface area contributed by atoms with E-state index in [1.54, 1.807) is 4.68 Å². The summed E-state index contributed by atoms with van der Waals surface area (Å²) in [4.78, 5) is 0. The maximum atomic E-state index is 5.78. The van der Waals surface area contributed by atoms with Crippen molar-refractivity contribution >= 4 is 0 Å². The lowest BCUT2D eigenvalue weighted by Gasteiger charge is -2.07. The molecule has 0 atom stereocenters. The van der Waals surface area contributed by atoms with E-state index in [2.05, 4.69) is 34.7 Å². The normalized spacial score (nSPS) is 14.5. The number of nitrogens with one attached hydrogen (secondary N) is 1. The summed E-state index contributed by atoms with van der Waals surface area (Å²) < 4.78 is 7.54. The molecule has 0 aliphatic heterocycles. The molecule has 2 aromatic rings. The van der Waals surface area contributed by atoms with Crippen LogP contribution in [0.3, 0.4) is 0 Å². The van der Waals surface area contributed by atoms with Gasteiger partial charge in [-0.1, -0.05) is 24.3 Å². The Labute approximate surface area is 119 Å². The van der Waals surface area contributed by atoms with Crippen molar-refractivity contribution in [2.75, 3.05) is 0 Å². The first-order valence-electron chi connectivity index (χ1n) is 7.15. The monoisotopic (exact) mass is 271 g/mol. The van der Waals surface area contributed by atoms with Crippen molar-refractivity contribution in [3.8, 4) is 5.88 Å². The number of hydrogen-bond donors (Lipinski definition) is 1. The Bertz CT molecular complexity index is 570. The molecule has 0 saturated heterocycles. The molecule has 1 N–H and O–H groups in total. The quantitative estimate of drug-likeness (QED) is 0.877. The SMILES string of the molecule is Cc1cc(OCc2ccc(CNC3CC3)cc2)n(C)n1. The van der Waals surface area contributed by atoms with Gasteiger partial charge < -0.3 is 10.1 Å². The molecule has 20 heavy (non-hydrogen) atoms. The van der Waals surface area contributed by atoms with Crippen molar-refractivity contribution in [2.45, 2.75) is 39.0 Å². The van der Waals surface area contributed by atoms with E-state index in [1.807, 2.05) is 20.0 Å². The van der Waals surface area contributed by atoms with Crippen LogP contribution in [-0.4, -0.2) is 15.8 Å². The zero-order valence-corrected chi connectivity index (χ0v) is 12.1. The van der Waals surface area contributed by atoms with Gasteiger partial charge in [0.1, 0.15) is 6.61 Å². The second kappa shape index (κ2) is 5.67. The third kappa shape index (κ3) is 3.39. The van der Waals surface area contributed by atoms with Crippen LogP contribution in [0.5, 0.6) is 5.88 Å². The standard InChI is InChI=1S/C16H21N3O/c1-12-9-16(19(2)18-12)20-11-14-5-3-13(4-6-14)10-17-15-7-8-15/h3-6,9,15,17H,7-8,10-11H2,1-2H3. The molecule has 0 amide bonds. The lowest BCUT2D eigenvalue weighted by atomic mass is 10.1. The zero-order valence-electron chi connectivity index (χ0n) is 12.1. The Morgan fingerprint density at radius 2 is 1.95 bits per heavy atom. The molecule has 1 aromatic carbocycles. The second-order valence-corrected chi connectivity index (χ2v) is 5.51. The van der Waals surface area contributed by atoms with Gasteiger partial charge in [0.25, 0.3) is 0 Å². The summed E-state index contributed by atoms with van der Waals surface area (Å²) in [5.41, 5.74) is 3.49. The molecular weight excluding hydrogens is 250 g/mol. The van der Waals surface area contributed by atoms with E-state index in [1.165, 1.54) is 24.0 Å². The third-order valence-electron chi connectivity index (χ3n) is 3.54. The van der Waals surface area contributed by atoms with Crippen molar-refractivity contribution < 1.29 is 4.74 Å². The highest BCUT2D eigenvalue weighted by Gasteiger charge is 2.19. The fraction of sp³-hybridized carbons (Fsp3) is 0.438. The summed E-state index contributed by atoms with van der Waals surface area (Å²) in [6.07, 6.45) is 2.66. The Balaban J connectivity index is 1.53. The zero-order chi connectivity index (χ0) is 13.9. The predicted molar refractivity (Wildman–Crippen MR) is 78.6 cm³/mol. The summed E-state index contributed by atoms with van der Waals surface area (Å²) in [5, 5.41) is 7.79. The van der Waals surface area contributed by atoms with E-state index in [0.717, 1.165) is 24.2 Å². The smallest absolute Gasteiger partial charge is 0.212 e. The Morgan fingerprint density at radius 1 is 1.25 bits per heavy atom. The third-order valence-corrected chi connectivity index (χ3v) is 3.54. The first-order valence-corrected chi connectivity index (χ1v) is 7.15. The summed E-state index contributed by atoms with van der Waals surface area (Å²) in [7, 11) is 1.90. The van der Waals surface area contributed by atoms with Gasteiger partial charge in [-0.2, -0.15) is 5.10 Å². The van der Waals surface area contributed by atoms with Crippen molar-refractivity contribution in [3.63, 3.8) is 0 Å². The lowest BCUT2D eigenvalue weighted by molar-refractivity contribution is 0.279. The predicted octanol–water partition coefficient (Wildman–Crippen LogP) is 2.56. The van der Waals surface area contributed by atoms with Crippen LogP contribution in [0.4, 0.5) is 0 Å². The lowest BCUT2D eigenvalue weighted by Crippen LogP contribution is -2.15. The van der Waals surface area contributed by atoms with Crippen molar-refractivity contribution in [2.24, 2.45) is 7.05 Å². The van der Waals surface area contributed by atoms with Crippen LogP contribution in [0.2, 0.25) is 0 Å². The van der Waals surface area contributed by atoms with Crippen LogP contribution in [0.25, 0.3) is 0 Å². The van der Waals surface area contributed by atoms with Crippen LogP contribution < -0.4 is 10.1 Å². The number of benzene rings is 1. The van der Waals surface area contributed by atoms with E-state index in [-0.39, 0.29) is 0 Å². The molecule has 4 heteroatoms. The molecular formula is C16H21N3O. The molecule has 0 radical (unpaired) electrons. The molecule has 0 bridgehead atoms. The largest absolute Gasteiger partial charge is 0.473 e. The fourth-order valence-corrected chi connectivity index (χ4v) is 2.18. The van der Waals surface area contributed by atoms with Crippen LogP contribution in [0, 0.1) is 6.92 Å². The van der Waals surface area contributed by atoms with Crippen LogP contribution in [0.15, 0.2) is 30.3 Å². The van der Waals surface area contributed by atoms with Gasteiger partial charge in [-0.05, 0) is 30.9 Å². The number of ether oxygens (including phenoxy) is 1. The first kappa shape index (κ1) is 13.2. The number of nitrogens with zero attached hydrogens (tertiary/aromatic N) is 2. The highest BCUT2D eigenvalue weighted by molar-refractivity contribution is 5.23. The molecule has 1 fully saturated rings. The number of hydrogen-bond acceptors (Lipinski definition) is 3. The van der Waals surface area contributed by atoms with Gasteiger partial charge in [-0.3, -0.25) is 0 Å². The van der Waals surface area contributed by atoms with E-state index >= 15 is 0 Å². The Kier molecular flexibility index (Phi) is 3.74. The molecule has 1 aromatic heterocycles. The van der Waals surface area contributed by atoms with Crippen LogP contribution in [0.1, 0.15) is 29.7 Å². The fourth-order valence-electron chi connectivity index (χ4n) is 2.18. The summed E-state index contributed by atoms with van der Waals surface area (Å²) in [6.45, 7) is 3.51.